The number of anilines is 1. The van der Waals surface area contributed by atoms with Crippen LogP contribution in [0.15, 0.2) is 89.2 Å². The quantitative estimate of drug-likeness (QED) is 0.350. The Bertz CT molecular complexity index is 1080. The zero-order chi connectivity index (χ0) is 18.6. The summed E-state index contributed by atoms with van der Waals surface area (Å²) in [7, 11) is 2.01. The maximum atomic E-state index is 5.90. The second kappa shape index (κ2) is 8.93. The Morgan fingerprint density at radius 3 is 2.54 bits per heavy atom. The fourth-order valence-electron chi connectivity index (χ4n) is 3.07. The number of allylic oxidation sites excluding steroid dienone is 6. The van der Waals surface area contributed by atoms with Crippen molar-refractivity contribution in [2.45, 2.75) is 6.92 Å². The monoisotopic (exact) mass is 484 g/mol. The van der Waals surface area contributed by atoms with E-state index in [0.717, 1.165) is 34.3 Å². The topological polar surface area (TPSA) is 38.3 Å². The number of para-hydroxylation sites is 3. The lowest BCUT2D eigenvalue weighted by Crippen LogP contribution is -3.00. The van der Waals surface area contributed by atoms with Crippen LogP contribution < -0.4 is 38.6 Å². The van der Waals surface area contributed by atoms with Crippen LogP contribution in [0, 0.1) is 6.92 Å². The lowest BCUT2D eigenvalue weighted by atomic mass is 10.2. The second-order valence-electron chi connectivity index (χ2n) is 6.30. The van der Waals surface area contributed by atoms with Crippen LogP contribution >= 0.6 is 0 Å². The summed E-state index contributed by atoms with van der Waals surface area (Å²) < 4.78 is 13.7. The zero-order valence-electron chi connectivity index (χ0n) is 15.7. The third-order valence-corrected chi connectivity index (χ3v) is 4.38. The highest BCUT2D eigenvalue weighted by Gasteiger charge is 2.17. The summed E-state index contributed by atoms with van der Waals surface area (Å²) in [6.45, 7) is 2.09. The van der Waals surface area contributed by atoms with E-state index in [1.54, 1.807) is 0 Å². The molecule has 28 heavy (non-hydrogen) atoms. The second-order valence-corrected chi connectivity index (χ2v) is 6.30. The average molecular weight is 484 g/mol. The van der Waals surface area contributed by atoms with Gasteiger partial charge in [0.15, 0.2) is 11.6 Å². The number of benzene rings is 2. The Morgan fingerprint density at radius 1 is 0.929 bits per heavy atom. The predicted octanol–water partition coefficient (Wildman–Crippen LogP) is 2.04. The molecule has 0 saturated carbocycles. The van der Waals surface area contributed by atoms with E-state index in [-0.39, 0.29) is 24.0 Å². The van der Waals surface area contributed by atoms with Crippen molar-refractivity contribution in [1.82, 2.24) is 0 Å². The summed E-state index contributed by atoms with van der Waals surface area (Å²) in [4.78, 5) is 0. The lowest BCUT2D eigenvalue weighted by molar-refractivity contribution is -0.652. The van der Waals surface area contributed by atoms with Gasteiger partial charge in [-0.1, -0.05) is 54.6 Å². The first kappa shape index (κ1) is 19.9. The standard InChI is InChI=1S/C23H20N2O2.HI/c1-17-11-10-14-20-23(17)25(2)22(27-20)16-7-5-3-4-6-15-21-24-18-12-8-9-13-19(18)26-21;/h3-16H,1-2H3;1H. The molecule has 0 atom stereocenters. The molecule has 0 saturated heterocycles. The maximum absolute atomic E-state index is 5.90. The molecule has 2 aromatic carbocycles. The van der Waals surface area contributed by atoms with Crippen molar-refractivity contribution in [1.29, 1.82) is 0 Å². The normalized spacial score (nSPS) is 14.7. The first-order valence-corrected chi connectivity index (χ1v) is 8.86. The van der Waals surface area contributed by atoms with Gasteiger partial charge in [0.1, 0.15) is 7.05 Å². The van der Waals surface area contributed by atoms with Crippen molar-refractivity contribution in [3.63, 3.8) is 0 Å². The molecule has 1 aliphatic rings. The number of aromatic nitrogens is 1. The highest BCUT2D eigenvalue weighted by Crippen LogP contribution is 2.32. The molecule has 2 heterocycles. The summed E-state index contributed by atoms with van der Waals surface area (Å²) in [6.07, 6.45) is 13.6. The van der Waals surface area contributed by atoms with Gasteiger partial charge in [0, 0.05) is 5.56 Å². The van der Waals surface area contributed by atoms with Gasteiger partial charge in [0.25, 0.3) is 5.52 Å². The van der Waals surface area contributed by atoms with E-state index in [0.29, 0.717) is 0 Å². The lowest BCUT2D eigenvalue weighted by Gasteiger charge is -1.94. The molecule has 5 heteroatoms. The predicted molar refractivity (Wildman–Crippen MR) is 108 cm³/mol. The number of ether oxygens (including phenoxy) is 1. The Morgan fingerprint density at radius 2 is 1.71 bits per heavy atom. The van der Waals surface area contributed by atoms with Crippen LogP contribution in [-0.2, 0) is 7.05 Å². The molecule has 142 valence electrons. The molecule has 0 amide bonds. The number of aryl methyl sites for hydroxylation is 2. The molecule has 0 fully saturated rings. The summed E-state index contributed by atoms with van der Waals surface area (Å²) in [5.74, 6) is 2.39. The molecule has 3 aromatic rings. The van der Waals surface area contributed by atoms with Gasteiger partial charge >= 0.3 is 5.89 Å². The van der Waals surface area contributed by atoms with Crippen molar-refractivity contribution >= 4 is 22.9 Å². The third kappa shape index (κ3) is 4.20. The number of nitrogens with zero attached hydrogens (tertiary/aromatic N) is 1. The molecule has 0 bridgehead atoms. The van der Waals surface area contributed by atoms with Crippen molar-refractivity contribution in [3.8, 4) is 5.75 Å². The summed E-state index contributed by atoms with van der Waals surface area (Å²) in [5, 5.41) is 3.22. The summed E-state index contributed by atoms with van der Waals surface area (Å²) in [6, 6.07) is 14.0. The minimum absolute atomic E-state index is 0. The van der Waals surface area contributed by atoms with E-state index >= 15 is 0 Å². The van der Waals surface area contributed by atoms with E-state index in [2.05, 4.69) is 22.9 Å². The van der Waals surface area contributed by atoms with Crippen LogP contribution in [0.2, 0.25) is 0 Å². The van der Waals surface area contributed by atoms with Crippen LogP contribution in [0.4, 0.5) is 5.69 Å². The molecule has 4 rings (SSSR count). The molecule has 0 spiro atoms. The molecule has 4 nitrogen and oxygen atoms in total. The fraction of sp³-hybridized carbons (Fsp3) is 0.0870. The van der Waals surface area contributed by atoms with E-state index < -0.39 is 0 Å². The molecule has 0 aliphatic carbocycles. The largest absolute Gasteiger partial charge is 1.00 e. The molecular weight excluding hydrogens is 463 g/mol. The van der Waals surface area contributed by atoms with Gasteiger partial charge in [0.05, 0.1) is 11.8 Å². The molecule has 1 N–H and O–H groups in total. The first-order valence-electron chi connectivity index (χ1n) is 8.86. The number of oxazole rings is 1. The maximum Gasteiger partial charge on any atom is 0.373 e. The molecule has 1 aromatic heterocycles. The van der Waals surface area contributed by atoms with E-state index in [4.69, 9.17) is 9.15 Å². The van der Waals surface area contributed by atoms with Crippen LogP contribution in [0.5, 0.6) is 5.75 Å². The Hall–Kier alpha value is -2.80. The molecular formula is C23H21IN2O2. The number of fused-ring (bicyclic) bond motifs is 2. The van der Waals surface area contributed by atoms with Gasteiger partial charge in [-0.15, -0.1) is 0 Å². The van der Waals surface area contributed by atoms with Gasteiger partial charge in [0.2, 0.25) is 5.58 Å². The van der Waals surface area contributed by atoms with Gasteiger partial charge in [-0.25, -0.2) is 0 Å². The summed E-state index contributed by atoms with van der Waals surface area (Å²) >= 11 is 0. The minimum Gasteiger partial charge on any atom is -1.00 e. The molecule has 1 aliphatic heterocycles. The zero-order valence-corrected chi connectivity index (χ0v) is 17.9. The SMILES string of the molecule is Cc1cccc2oc(C=CC=CC=CC=C3Nc4ccccc4O3)[n+](C)c12.[I-]. The van der Waals surface area contributed by atoms with Crippen LogP contribution in [0.3, 0.4) is 0 Å². The highest BCUT2D eigenvalue weighted by atomic mass is 127. The van der Waals surface area contributed by atoms with Gasteiger partial charge in [-0.3, -0.25) is 0 Å². The van der Waals surface area contributed by atoms with Crippen LogP contribution in [0.1, 0.15) is 11.5 Å². The van der Waals surface area contributed by atoms with Crippen molar-refractivity contribution in [2.24, 2.45) is 7.05 Å². The van der Waals surface area contributed by atoms with Crippen molar-refractivity contribution < 1.29 is 37.7 Å². The molecule has 0 radical (unpaired) electrons. The van der Waals surface area contributed by atoms with E-state index in [1.807, 2.05) is 86.0 Å². The van der Waals surface area contributed by atoms with Crippen LogP contribution in [-0.4, -0.2) is 0 Å². The smallest absolute Gasteiger partial charge is 0.373 e. The van der Waals surface area contributed by atoms with Crippen molar-refractivity contribution in [2.75, 3.05) is 5.32 Å². The summed E-state index contributed by atoms with van der Waals surface area (Å²) in [5.41, 5.74) is 4.22. The number of nitrogens with one attached hydrogen (secondary N) is 1. The van der Waals surface area contributed by atoms with E-state index in [9.17, 15) is 0 Å². The van der Waals surface area contributed by atoms with Crippen LogP contribution in [0.25, 0.3) is 17.2 Å². The Labute approximate surface area is 181 Å². The Balaban J connectivity index is 0.00000225. The van der Waals surface area contributed by atoms with Gasteiger partial charge in [-0.2, -0.15) is 4.57 Å². The average Bonchev–Trinajstić information content (AvgIpc) is 3.22. The van der Waals surface area contributed by atoms with Gasteiger partial charge < -0.3 is 38.4 Å². The van der Waals surface area contributed by atoms with E-state index in [1.165, 1.54) is 5.56 Å². The number of rotatable bonds is 4. The van der Waals surface area contributed by atoms with Crippen molar-refractivity contribution in [3.05, 3.63) is 96.3 Å². The molecule has 0 unspecified atom stereocenters. The fourth-order valence-corrected chi connectivity index (χ4v) is 3.07. The number of hydrogen-bond acceptors (Lipinski definition) is 3. The number of hydrogen-bond donors (Lipinski definition) is 1. The highest BCUT2D eigenvalue weighted by molar-refractivity contribution is 5.73. The third-order valence-electron chi connectivity index (χ3n) is 4.38. The number of halogens is 1. The minimum atomic E-state index is 0. The first-order chi connectivity index (χ1) is 13.2. The van der Waals surface area contributed by atoms with Gasteiger partial charge in [-0.05, 0) is 31.2 Å². The Kier molecular flexibility index (Phi) is 6.36.